The molecule has 13 heteroatoms. The SMILES string of the molecule is C[C@](CCn1cnc2cc(-c3ccc(OCCCN4CCOCC4)cc3F)ccc2c1=O)(CN(O)C=O)S(C)(=O)=O. The number of hydroxylamine groups is 2. The largest absolute Gasteiger partial charge is 0.493 e. The molecule has 0 bridgehead atoms. The van der Waals surface area contributed by atoms with Crippen molar-refractivity contribution in [3.05, 3.63) is 58.9 Å². The van der Waals surface area contributed by atoms with Gasteiger partial charge < -0.3 is 9.47 Å². The minimum Gasteiger partial charge on any atom is -0.493 e. The van der Waals surface area contributed by atoms with Crippen molar-refractivity contribution in [2.45, 2.75) is 31.1 Å². The number of rotatable bonds is 13. The molecule has 0 saturated carbocycles. The van der Waals surface area contributed by atoms with Gasteiger partial charge in [-0.3, -0.25) is 24.3 Å². The lowest BCUT2D eigenvalue weighted by molar-refractivity contribution is -0.151. The first-order valence-electron chi connectivity index (χ1n) is 13.3. The summed E-state index contributed by atoms with van der Waals surface area (Å²) in [5.74, 6) is -0.0229. The summed E-state index contributed by atoms with van der Waals surface area (Å²) >= 11 is 0. The Bertz CT molecular complexity index is 1540. The van der Waals surface area contributed by atoms with Crippen LogP contribution in [0.5, 0.6) is 5.75 Å². The van der Waals surface area contributed by atoms with Gasteiger partial charge in [0.25, 0.3) is 5.56 Å². The molecule has 1 fully saturated rings. The summed E-state index contributed by atoms with van der Waals surface area (Å²) in [4.78, 5) is 30.6. The summed E-state index contributed by atoms with van der Waals surface area (Å²) in [6.45, 7) is 5.62. The fourth-order valence-corrected chi connectivity index (χ4v) is 5.56. The first kappa shape index (κ1) is 30.6. The molecule has 11 nitrogen and oxygen atoms in total. The van der Waals surface area contributed by atoms with Crippen LogP contribution in [-0.4, -0.2) is 96.6 Å². The summed E-state index contributed by atoms with van der Waals surface area (Å²) in [6.07, 6.45) is 3.22. The quantitative estimate of drug-likeness (QED) is 0.138. The number of sulfone groups is 1. The van der Waals surface area contributed by atoms with Crippen molar-refractivity contribution >= 4 is 27.2 Å². The van der Waals surface area contributed by atoms with E-state index in [1.54, 1.807) is 30.3 Å². The van der Waals surface area contributed by atoms with Crippen LogP contribution in [0.4, 0.5) is 4.39 Å². The lowest BCUT2D eigenvalue weighted by Crippen LogP contribution is -2.46. The van der Waals surface area contributed by atoms with Gasteiger partial charge in [-0.05, 0) is 49.6 Å². The summed E-state index contributed by atoms with van der Waals surface area (Å²) in [5.41, 5.74) is 0.848. The molecule has 0 radical (unpaired) electrons. The number of morpholine rings is 1. The van der Waals surface area contributed by atoms with Gasteiger partial charge in [0.05, 0.1) is 48.3 Å². The van der Waals surface area contributed by atoms with Gasteiger partial charge in [-0.2, -0.15) is 0 Å². The minimum absolute atomic E-state index is 0.0116. The highest BCUT2D eigenvalue weighted by Gasteiger charge is 2.37. The molecule has 2 heterocycles. The molecule has 1 atom stereocenters. The number of halogens is 1. The first-order chi connectivity index (χ1) is 19.5. The van der Waals surface area contributed by atoms with Crippen molar-refractivity contribution in [3.63, 3.8) is 0 Å². The second-order valence-corrected chi connectivity index (χ2v) is 13.0. The molecule has 1 aliphatic heterocycles. The van der Waals surface area contributed by atoms with Crippen molar-refractivity contribution in [2.24, 2.45) is 0 Å². The average Bonchev–Trinajstić information content (AvgIpc) is 2.95. The minimum atomic E-state index is -3.70. The third-order valence-electron chi connectivity index (χ3n) is 7.46. The standard InChI is InChI=1S/C28H35FN4O7S/c1-28(41(2,37)38,18-33(36)20-34)8-10-32-19-30-26-16-21(4-6-24(26)27(32)35)23-7-5-22(17-25(23)29)40-13-3-9-31-11-14-39-15-12-31/h4-7,16-17,19-20,36H,3,8-15,18H2,1-2H3/t28-/m0/s1. The number of hydrogen-bond acceptors (Lipinski definition) is 9. The third-order valence-corrected chi connectivity index (χ3v) is 9.59. The molecule has 1 amide bonds. The van der Waals surface area contributed by atoms with E-state index in [1.165, 1.54) is 23.9 Å². The Morgan fingerprint density at radius 3 is 2.63 bits per heavy atom. The van der Waals surface area contributed by atoms with Crippen LogP contribution < -0.4 is 10.3 Å². The summed E-state index contributed by atoms with van der Waals surface area (Å²) in [5, 5.41) is 10.1. The van der Waals surface area contributed by atoms with E-state index in [1.807, 2.05) is 0 Å². The number of hydrogen-bond donors (Lipinski definition) is 1. The van der Waals surface area contributed by atoms with Crippen LogP contribution in [0.2, 0.25) is 0 Å². The van der Waals surface area contributed by atoms with Gasteiger partial charge >= 0.3 is 0 Å². The smallest absolute Gasteiger partial charge is 0.261 e. The summed E-state index contributed by atoms with van der Waals surface area (Å²) < 4.78 is 50.6. The average molecular weight is 591 g/mol. The molecule has 0 unspecified atom stereocenters. The number of aryl methyl sites for hydroxylation is 1. The van der Waals surface area contributed by atoms with Crippen LogP contribution in [0.3, 0.4) is 0 Å². The van der Waals surface area contributed by atoms with E-state index in [0.717, 1.165) is 45.5 Å². The molecule has 3 aromatic rings. The van der Waals surface area contributed by atoms with E-state index < -0.39 is 32.5 Å². The van der Waals surface area contributed by atoms with E-state index in [9.17, 15) is 23.2 Å². The van der Waals surface area contributed by atoms with E-state index in [0.29, 0.717) is 29.0 Å². The zero-order valence-corrected chi connectivity index (χ0v) is 24.0. The molecule has 4 rings (SSSR count). The third kappa shape index (κ3) is 7.47. The summed E-state index contributed by atoms with van der Waals surface area (Å²) in [7, 11) is -3.70. The Balaban J connectivity index is 1.44. The van der Waals surface area contributed by atoms with Gasteiger partial charge in [-0.1, -0.05) is 6.07 Å². The Morgan fingerprint density at radius 2 is 1.95 bits per heavy atom. The number of benzene rings is 2. The maximum absolute atomic E-state index is 15.0. The predicted octanol–water partition coefficient (Wildman–Crippen LogP) is 2.34. The maximum Gasteiger partial charge on any atom is 0.261 e. The highest BCUT2D eigenvalue weighted by molar-refractivity contribution is 7.92. The monoisotopic (exact) mass is 590 g/mol. The highest BCUT2D eigenvalue weighted by atomic mass is 32.2. The molecule has 1 aliphatic rings. The van der Waals surface area contributed by atoms with Crippen molar-refractivity contribution in [3.8, 4) is 16.9 Å². The lowest BCUT2D eigenvalue weighted by atomic mass is 10.0. The molecule has 0 aliphatic carbocycles. The lowest BCUT2D eigenvalue weighted by Gasteiger charge is -2.29. The highest BCUT2D eigenvalue weighted by Crippen LogP contribution is 2.28. The van der Waals surface area contributed by atoms with E-state index >= 15 is 4.39 Å². The Kier molecular flexibility index (Phi) is 9.74. The van der Waals surface area contributed by atoms with E-state index in [4.69, 9.17) is 9.47 Å². The normalized spacial score (nSPS) is 15.9. The number of amides is 1. The van der Waals surface area contributed by atoms with Crippen LogP contribution in [0.15, 0.2) is 47.5 Å². The topological polar surface area (TPSA) is 131 Å². The number of aromatic nitrogens is 2. The fourth-order valence-electron chi connectivity index (χ4n) is 4.73. The second kappa shape index (κ2) is 13.1. The predicted molar refractivity (Wildman–Crippen MR) is 151 cm³/mol. The van der Waals surface area contributed by atoms with Crippen LogP contribution in [-0.2, 0) is 25.9 Å². The van der Waals surface area contributed by atoms with Crippen molar-refractivity contribution in [2.75, 3.05) is 52.3 Å². The molecule has 1 N–H and O–H groups in total. The number of fused-ring (bicyclic) bond motifs is 1. The molecule has 41 heavy (non-hydrogen) atoms. The van der Waals surface area contributed by atoms with Gasteiger partial charge in [-0.15, -0.1) is 0 Å². The molecular formula is C28H35FN4O7S. The van der Waals surface area contributed by atoms with E-state index in [2.05, 4.69) is 9.88 Å². The fraction of sp³-hybridized carbons (Fsp3) is 0.464. The number of carbonyl (C=O) groups excluding carboxylic acids is 1. The van der Waals surface area contributed by atoms with Gasteiger partial charge in [0.15, 0.2) is 9.84 Å². The zero-order valence-electron chi connectivity index (χ0n) is 23.2. The van der Waals surface area contributed by atoms with E-state index in [-0.39, 0.29) is 29.8 Å². The molecule has 1 saturated heterocycles. The molecular weight excluding hydrogens is 555 g/mol. The van der Waals surface area contributed by atoms with Crippen LogP contribution in [0.1, 0.15) is 19.8 Å². The Hall–Kier alpha value is -3.39. The Labute approximate surface area is 238 Å². The van der Waals surface area contributed by atoms with Crippen molar-refractivity contribution < 1.29 is 32.3 Å². The van der Waals surface area contributed by atoms with Crippen LogP contribution >= 0.6 is 0 Å². The van der Waals surface area contributed by atoms with Crippen molar-refractivity contribution in [1.82, 2.24) is 19.5 Å². The molecule has 0 spiro atoms. The number of nitrogens with zero attached hydrogens (tertiary/aromatic N) is 4. The number of carbonyl (C=O) groups is 1. The van der Waals surface area contributed by atoms with Gasteiger partial charge in [-0.25, -0.2) is 22.9 Å². The van der Waals surface area contributed by atoms with Crippen LogP contribution in [0, 0.1) is 5.82 Å². The zero-order chi connectivity index (χ0) is 29.6. The Morgan fingerprint density at radius 1 is 1.20 bits per heavy atom. The number of ether oxygens (including phenoxy) is 2. The van der Waals surface area contributed by atoms with Gasteiger partial charge in [0.1, 0.15) is 11.6 Å². The van der Waals surface area contributed by atoms with Crippen molar-refractivity contribution in [1.29, 1.82) is 0 Å². The molecule has 222 valence electrons. The second-order valence-electron chi connectivity index (χ2n) is 10.4. The molecule has 2 aromatic carbocycles. The van der Waals surface area contributed by atoms with Gasteiger partial charge in [0, 0.05) is 44.1 Å². The van der Waals surface area contributed by atoms with Gasteiger partial charge in [0.2, 0.25) is 6.41 Å². The summed E-state index contributed by atoms with van der Waals surface area (Å²) in [6, 6.07) is 9.49. The van der Waals surface area contributed by atoms with Crippen LogP contribution in [0.25, 0.3) is 22.0 Å². The first-order valence-corrected chi connectivity index (χ1v) is 15.2. The maximum atomic E-state index is 15.0. The molecule has 1 aromatic heterocycles.